The van der Waals surface area contributed by atoms with Crippen molar-refractivity contribution in [1.29, 1.82) is 0 Å². The van der Waals surface area contributed by atoms with E-state index < -0.39 is 0 Å². The molecule has 0 fully saturated rings. The van der Waals surface area contributed by atoms with Crippen LogP contribution in [0, 0.1) is 0 Å². The van der Waals surface area contributed by atoms with Gasteiger partial charge in [0.05, 0.1) is 18.1 Å². The standard InChI is InChI=1S/C8H8BrN3OS2/c1-13-7-6(9)2-5(15-7)3-10-8-12-11-4-14-8/h2,4H,3H2,1H3,(H,10,12). The largest absolute Gasteiger partial charge is 0.486 e. The van der Waals surface area contributed by atoms with E-state index in [0.717, 1.165) is 21.2 Å². The summed E-state index contributed by atoms with van der Waals surface area (Å²) in [6, 6.07) is 2.04. The fourth-order valence-electron chi connectivity index (χ4n) is 1.04. The molecule has 0 saturated carbocycles. The minimum Gasteiger partial charge on any atom is -0.486 e. The summed E-state index contributed by atoms with van der Waals surface area (Å²) in [5.74, 6) is 0. The molecular weight excluding hydrogens is 298 g/mol. The molecule has 0 atom stereocenters. The number of rotatable bonds is 4. The average Bonchev–Trinajstić information content (AvgIpc) is 2.83. The van der Waals surface area contributed by atoms with E-state index in [0.29, 0.717) is 0 Å². The van der Waals surface area contributed by atoms with Gasteiger partial charge >= 0.3 is 0 Å². The van der Waals surface area contributed by atoms with Gasteiger partial charge in [0.2, 0.25) is 5.13 Å². The van der Waals surface area contributed by atoms with E-state index in [9.17, 15) is 0 Å². The molecule has 0 bridgehead atoms. The van der Waals surface area contributed by atoms with Gasteiger partial charge in [0, 0.05) is 4.88 Å². The molecule has 0 aliphatic rings. The Kier molecular flexibility index (Phi) is 3.55. The molecule has 0 amide bonds. The summed E-state index contributed by atoms with van der Waals surface area (Å²) in [5.41, 5.74) is 1.70. The molecule has 0 aliphatic carbocycles. The number of nitrogens with one attached hydrogen (secondary N) is 1. The van der Waals surface area contributed by atoms with Gasteiger partial charge in [-0.2, -0.15) is 0 Å². The smallest absolute Gasteiger partial charge is 0.205 e. The van der Waals surface area contributed by atoms with Crippen molar-refractivity contribution < 1.29 is 4.74 Å². The molecule has 15 heavy (non-hydrogen) atoms. The van der Waals surface area contributed by atoms with Crippen molar-refractivity contribution in [3.05, 3.63) is 20.9 Å². The van der Waals surface area contributed by atoms with Crippen molar-refractivity contribution in [1.82, 2.24) is 10.2 Å². The van der Waals surface area contributed by atoms with Gasteiger partial charge in [-0.1, -0.05) is 11.3 Å². The lowest BCUT2D eigenvalue weighted by molar-refractivity contribution is 0.425. The van der Waals surface area contributed by atoms with Crippen molar-refractivity contribution in [3.8, 4) is 5.06 Å². The number of hydrogen-bond acceptors (Lipinski definition) is 6. The Morgan fingerprint density at radius 3 is 3.07 bits per heavy atom. The monoisotopic (exact) mass is 305 g/mol. The Bertz CT molecular complexity index is 429. The predicted octanol–water partition coefficient (Wildman–Crippen LogP) is 2.98. The predicted molar refractivity (Wildman–Crippen MR) is 65.8 cm³/mol. The maximum absolute atomic E-state index is 5.18. The van der Waals surface area contributed by atoms with Crippen LogP contribution in [-0.2, 0) is 6.54 Å². The summed E-state index contributed by atoms with van der Waals surface area (Å²) < 4.78 is 6.17. The zero-order valence-corrected chi connectivity index (χ0v) is 11.1. The summed E-state index contributed by atoms with van der Waals surface area (Å²) in [5, 5.41) is 12.6. The van der Waals surface area contributed by atoms with E-state index in [-0.39, 0.29) is 0 Å². The maximum Gasteiger partial charge on any atom is 0.205 e. The number of hydrogen-bond donors (Lipinski definition) is 1. The van der Waals surface area contributed by atoms with Crippen molar-refractivity contribution in [2.75, 3.05) is 12.4 Å². The fourth-order valence-corrected chi connectivity index (χ4v) is 3.11. The molecule has 2 heterocycles. The van der Waals surface area contributed by atoms with E-state index in [4.69, 9.17) is 4.74 Å². The van der Waals surface area contributed by atoms with Crippen molar-refractivity contribution >= 4 is 43.7 Å². The van der Waals surface area contributed by atoms with E-state index in [1.54, 1.807) is 24.0 Å². The topological polar surface area (TPSA) is 47.0 Å². The van der Waals surface area contributed by atoms with Crippen LogP contribution in [0.15, 0.2) is 16.0 Å². The van der Waals surface area contributed by atoms with Crippen LogP contribution in [0.1, 0.15) is 4.88 Å². The molecule has 7 heteroatoms. The summed E-state index contributed by atoms with van der Waals surface area (Å²) >= 11 is 6.52. The Hall–Kier alpha value is -0.660. The number of ether oxygens (including phenoxy) is 1. The van der Waals surface area contributed by atoms with Crippen LogP contribution in [0.5, 0.6) is 5.06 Å². The van der Waals surface area contributed by atoms with Gasteiger partial charge < -0.3 is 10.1 Å². The molecular formula is C8H8BrN3OS2. The van der Waals surface area contributed by atoms with Gasteiger partial charge in [0.15, 0.2) is 5.06 Å². The van der Waals surface area contributed by atoms with Crippen molar-refractivity contribution in [3.63, 3.8) is 0 Å². The van der Waals surface area contributed by atoms with Crippen molar-refractivity contribution in [2.45, 2.75) is 6.54 Å². The Morgan fingerprint density at radius 2 is 2.47 bits per heavy atom. The first-order valence-electron chi connectivity index (χ1n) is 4.12. The summed E-state index contributed by atoms with van der Waals surface area (Å²) in [7, 11) is 1.67. The first-order chi connectivity index (χ1) is 7.29. The number of thiophene rings is 1. The van der Waals surface area contributed by atoms with Gasteiger partial charge in [0.25, 0.3) is 0 Å². The van der Waals surface area contributed by atoms with Crippen LogP contribution < -0.4 is 10.1 Å². The molecule has 0 unspecified atom stereocenters. The first-order valence-corrected chi connectivity index (χ1v) is 6.60. The second-order valence-electron chi connectivity index (χ2n) is 2.65. The van der Waals surface area contributed by atoms with Crippen LogP contribution >= 0.6 is 38.6 Å². The molecule has 0 saturated heterocycles. The van der Waals surface area contributed by atoms with Crippen LogP contribution in [0.4, 0.5) is 5.13 Å². The van der Waals surface area contributed by atoms with Gasteiger partial charge in [-0.05, 0) is 22.0 Å². The van der Waals surface area contributed by atoms with E-state index >= 15 is 0 Å². The quantitative estimate of drug-likeness (QED) is 0.943. The lowest BCUT2D eigenvalue weighted by Gasteiger charge is -1.97. The first kappa shape index (κ1) is 10.8. The Morgan fingerprint density at radius 1 is 1.60 bits per heavy atom. The second-order valence-corrected chi connectivity index (χ2v) is 5.44. The molecule has 0 aliphatic heterocycles. The fraction of sp³-hybridized carbons (Fsp3) is 0.250. The third-order valence-corrected chi connectivity index (χ3v) is 4.26. The normalized spacial score (nSPS) is 10.3. The number of anilines is 1. The van der Waals surface area contributed by atoms with E-state index in [1.807, 2.05) is 6.07 Å². The number of aromatic nitrogens is 2. The van der Waals surface area contributed by atoms with Crippen LogP contribution in [0.25, 0.3) is 0 Å². The summed E-state index contributed by atoms with van der Waals surface area (Å²) in [6.07, 6.45) is 0. The molecule has 80 valence electrons. The average molecular weight is 306 g/mol. The zero-order chi connectivity index (χ0) is 10.7. The maximum atomic E-state index is 5.18. The highest BCUT2D eigenvalue weighted by molar-refractivity contribution is 9.10. The second kappa shape index (κ2) is 4.91. The molecule has 2 aromatic heterocycles. The van der Waals surface area contributed by atoms with E-state index in [1.165, 1.54) is 16.2 Å². The summed E-state index contributed by atoms with van der Waals surface area (Å²) in [6.45, 7) is 0.738. The van der Waals surface area contributed by atoms with Gasteiger partial charge in [-0.15, -0.1) is 21.5 Å². The number of nitrogens with zero attached hydrogens (tertiary/aromatic N) is 2. The highest BCUT2D eigenvalue weighted by Gasteiger charge is 2.06. The SMILES string of the molecule is COc1sc(CNc2nncs2)cc1Br. The van der Waals surface area contributed by atoms with Gasteiger partial charge in [-0.3, -0.25) is 0 Å². The molecule has 1 N–H and O–H groups in total. The number of methoxy groups -OCH3 is 1. The Labute approximate surface area is 103 Å². The third kappa shape index (κ3) is 2.67. The molecule has 4 nitrogen and oxygen atoms in total. The van der Waals surface area contributed by atoms with Crippen molar-refractivity contribution in [2.24, 2.45) is 0 Å². The summed E-state index contributed by atoms with van der Waals surface area (Å²) in [4.78, 5) is 1.19. The van der Waals surface area contributed by atoms with Crippen LogP contribution in [0.3, 0.4) is 0 Å². The minimum atomic E-state index is 0.738. The van der Waals surface area contributed by atoms with Gasteiger partial charge in [-0.25, -0.2) is 0 Å². The van der Waals surface area contributed by atoms with Crippen LogP contribution in [-0.4, -0.2) is 17.3 Å². The molecule has 2 rings (SSSR count). The molecule has 0 radical (unpaired) electrons. The molecule has 0 aromatic carbocycles. The number of halogens is 1. The molecule has 0 spiro atoms. The third-order valence-electron chi connectivity index (χ3n) is 1.67. The van der Waals surface area contributed by atoms with Gasteiger partial charge in [0.1, 0.15) is 5.51 Å². The zero-order valence-electron chi connectivity index (χ0n) is 7.86. The van der Waals surface area contributed by atoms with Crippen LogP contribution in [0.2, 0.25) is 0 Å². The highest BCUT2D eigenvalue weighted by Crippen LogP contribution is 2.34. The Balaban J connectivity index is 1.99. The minimum absolute atomic E-state index is 0.738. The van der Waals surface area contributed by atoms with E-state index in [2.05, 4.69) is 31.4 Å². The highest BCUT2D eigenvalue weighted by atomic mass is 79.9. The molecule has 2 aromatic rings. The lowest BCUT2D eigenvalue weighted by Crippen LogP contribution is -1.96. The lowest BCUT2D eigenvalue weighted by atomic mass is 10.5.